The molecule has 1 atom stereocenters. The number of rotatable bonds is 3. The summed E-state index contributed by atoms with van der Waals surface area (Å²) in [4.78, 5) is 0. The van der Waals surface area contributed by atoms with Gasteiger partial charge in [0, 0.05) is 0 Å². The highest BCUT2D eigenvalue weighted by Crippen LogP contribution is 2.36. The minimum Gasteiger partial charge on any atom is -0.323 e. The molecule has 0 aromatic carbocycles. The highest BCUT2D eigenvalue weighted by molar-refractivity contribution is 4.99. The predicted octanol–water partition coefficient (Wildman–Crippen LogP) is 0.605. The Morgan fingerprint density at radius 1 is 1.73 bits per heavy atom. The van der Waals surface area contributed by atoms with Gasteiger partial charge in [-0.2, -0.15) is 15.4 Å². The lowest BCUT2D eigenvalue weighted by Gasteiger charge is -2.04. The second-order valence-electron chi connectivity index (χ2n) is 3.18. The van der Waals surface area contributed by atoms with E-state index in [2.05, 4.69) is 15.4 Å². The monoisotopic (exact) mass is 152 g/mol. The Balaban J connectivity index is 1.93. The van der Waals surface area contributed by atoms with E-state index in [0.29, 0.717) is 0 Å². The van der Waals surface area contributed by atoms with Gasteiger partial charge < -0.3 is 5.73 Å². The molecule has 1 aromatic rings. The number of aromatic amines is 1. The van der Waals surface area contributed by atoms with E-state index in [1.165, 1.54) is 12.8 Å². The molecule has 1 aromatic heterocycles. The molecule has 3 N–H and O–H groups in total. The fourth-order valence-corrected chi connectivity index (χ4v) is 1.22. The van der Waals surface area contributed by atoms with Crippen molar-refractivity contribution in [3.63, 3.8) is 0 Å². The molecule has 1 saturated carbocycles. The zero-order valence-corrected chi connectivity index (χ0v) is 6.33. The van der Waals surface area contributed by atoms with Crippen LogP contribution in [0.5, 0.6) is 0 Å². The molecular weight excluding hydrogens is 140 g/mol. The molecule has 0 bridgehead atoms. The van der Waals surface area contributed by atoms with Crippen LogP contribution < -0.4 is 5.73 Å². The first-order chi connectivity index (χ1) is 5.36. The van der Waals surface area contributed by atoms with Gasteiger partial charge in [-0.15, -0.1) is 0 Å². The van der Waals surface area contributed by atoms with Crippen LogP contribution in [0, 0.1) is 5.92 Å². The van der Waals surface area contributed by atoms with Gasteiger partial charge in [-0.05, 0) is 12.3 Å². The van der Waals surface area contributed by atoms with Gasteiger partial charge in [0.15, 0.2) is 0 Å². The first-order valence-corrected chi connectivity index (χ1v) is 3.97. The number of H-pyrrole nitrogens is 1. The molecular formula is C7H12N4. The molecule has 1 aliphatic carbocycles. The maximum absolute atomic E-state index is 5.86. The number of aromatic nitrogens is 3. The van der Waals surface area contributed by atoms with Crippen molar-refractivity contribution in [3.8, 4) is 0 Å². The summed E-state index contributed by atoms with van der Waals surface area (Å²) in [7, 11) is 0. The van der Waals surface area contributed by atoms with Crippen LogP contribution in [-0.4, -0.2) is 15.4 Å². The van der Waals surface area contributed by atoms with Crippen molar-refractivity contribution >= 4 is 0 Å². The van der Waals surface area contributed by atoms with Gasteiger partial charge in [0.1, 0.15) is 0 Å². The van der Waals surface area contributed by atoms with Gasteiger partial charge in [-0.25, -0.2) is 0 Å². The molecule has 11 heavy (non-hydrogen) atoms. The van der Waals surface area contributed by atoms with Gasteiger partial charge in [0.25, 0.3) is 0 Å². The van der Waals surface area contributed by atoms with E-state index < -0.39 is 0 Å². The molecule has 1 unspecified atom stereocenters. The van der Waals surface area contributed by atoms with Crippen LogP contribution in [0.4, 0.5) is 0 Å². The molecule has 2 rings (SSSR count). The van der Waals surface area contributed by atoms with E-state index in [4.69, 9.17) is 5.73 Å². The van der Waals surface area contributed by atoms with Crippen LogP contribution in [-0.2, 0) is 0 Å². The van der Waals surface area contributed by atoms with Crippen LogP contribution in [0.15, 0.2) is 6.20 Å². The van der Waals surface area contributed by atoms with Crippen LogP contribution in [0.2, 0.25) is 0 Å². The van der Waals surface area contributed by atoms with Gasteiger partial charge in [-0.3, -0.25) is 0 Å². The van der Waals surface area contributed by atoms with E-state index in [0.717, 1.165) is 18.0 Å². The van der Waals surface area contributed by atoms with Gasteiger partial charge in [0.2, 0.25) is 0 Å². The van der Waals surface area contributed by atoms with Crippen molar-refractivity contribution in [2.45, 2.75) is 25.3 Å². The van der Waals surface area contributed by atoms with Crippen molar-refractivity contribution in [2.75, 3.05) is 0 Å². The largest absolute Gasteiger partial charge is 0.323 e. The second kappa shape index (κ2) is 2.62. The van der Waals surface area contributed by atoms with E-state index in [1.54, 1.807) is 6.20 Å². The molecule has 0 spiro atoms. The molecule has 0 aliphatic heterocycles. The number of nitrogens with one attached hydrogen (secondary N) is 1. The van der Waals surface area contributed by atoms with Gasteiger partial charge in [0.05, 0.1) is 17.9 Å². The Kier molecular flexibility index (Phi) is 1.62. The first-order valence-electron chi connectivity index (χ1n) is 3.97. The van der Waals surface area contributed by atoms with Crippen LogP contribution in [0.25, 0.3) is 0 Å². The molecule has 0 amide bonds. The molecule has 60 valence electrons. The Labute approximate surface area is 65.2 Å². The van der Waals surface area contributed by atoms with Crippen molar-refractivity contribution < 1.29 is 0 Å². The summed E-state index contributed by atoms with van der Waals surface area (Å²) in [6.45, 7) is 0. The fourth-order valence-electron chi connectivity index (χ4n) is 1.22. The van der Waals surface area contributed by atoms with Crippen molar-refractivity contribution in [3.05, 3.63) is 11.9 Å². The molecule has 0 radical (unpaired) electrons. The van der Waals surface area contributed by atoms with Crippen molar-refractivity contribution in [1.29, 1.82) is 0 Å². The van der Waals surface area contributed by atoms with Gasteiger partial charge >= 0.3 is 0 Å². The molecule has 4 heteroatoms. The Morgan fingerprint density at radius 3 is 3.09 bits per heavy atom. The summed E-state index contributed by atoms with van der Waals surface area (Å²) in [5, 5.41) is 10.2. The molecule has 1 heterocycles. The maximum atomic E-state index is 5.86. The lowest BCUT2D eigenvalue weighted by atomic mass is 10.1. The van der Waals surface area contributed by atoms with E-state index in [-0.39, 0.29) is 6.04 Å². The predicted molar refractivity (Wildman–Crippen MR) is 40.7 cm³/mol. The molecule has 1 aliphatic rings. The summed E-state index contributed by atoms with van der Waals surface area (Å²) in [6, 6.07) is 0.0845. The number of hydrogen-bond donors (Lipinski definition) is 2. The average Bonchev–Trinajstić information content (AvgIpc) is 2.67. The Bertz CT molecular complexity index is 214. The average molecular weight is 152 g/mol. The highest BCUT2D eigenvalue weighted by atomic mass is 15.3. The summed E-state index contributed by atoms with van der Waals surface area (Å²) < 4.78 is 0. The first kappa shape index (κ1) is 6.79. The zero-order chi connectivity index (χ0) is 7.68. The van der Waals surface area contributed by atoms with Gasteiger partial charge in [-0.1, -0.05) is 12.8 Å². The Hall–Kier alpha value is -0.900. The smallest absolute Gasteiger partial charge is 0.0991 e. The van der Waals surface area contributed by atoms with Crippen molar-refractivity contribution in [2.24, 2.45) is 11.7 Å². The zero-order valence-electron chi connectivity index (χ0n) is 6.33. The molecule has 0 saturated heterocycles. The highest BCUT2D eigenvalue weighted by Gasteiger charge is 2.25. The summed E-state index contributed by atoms with van der Waals surface area (Å²) in [5.74, 6) is 0.849. The maximum Gasteiger partial charge on any atom is 0.0991 e. The lowest BCUT2D eigenvalue weighted by Crippen LogP contribution is -2.11. The molecule has 1 fully saturated rings. The summed E-state index contributed by atoms with van der Waals surface area (Å²) in [6.07, 6.45) is 5.44. The van der Waals surface area contributed by atoms with E-state index in [1.807, 2.05) is 0 Å². The summed E-state index contributed by atoms with van der Waals surface area (Å²) >= 11 is 0. The third-order valence-electron chi connectivity index (χ3n) is 2.10. The van der Waals surface area contributed by atoms with Crippen LogP contribution in [0.3, 0.4) is 0 Å². The topological polar surface area (TPSA) is 67.6 Å². The number of hydrogen-bond acceptors (Lipinski definition) is 3. The van der Waals surface area contributed by atoms with E-state index >= 15 is 0 Å². The number of nitrogens with zero attached hydrogens (tertiary/aromatic N) is 2. The second-order valence-corrected chi connectivity index (χ2v) is 3.18. The van der Waals surface area contributed by atoms with Crippen LogP contribution in [0.1, 0.15) is 31.0 Å². The Morgan fingerprint density at radius 2 is 2.55 bits per heavy atom. The van der Waals surface area contributed by atoms with E-state index in [9.17, 15) is 0 Å². The SMILES string of the molecule is NC(CC1CC1)c1cn[nH]n1. The number of nitrogens with two attached hydrogens (primary N) is 1. The quantitative estimate of drug-likeness (QED) is 0.666. The minimum atomic E-state index is 0.0845. The van der Waals surface area contributed by atoms with Crippen molar-refractivity contribution in [1.82, 2.24) is 15.4 Å². The third-order valence-corrected chi connectivity index (χ3v) is 2.10. The lowest BCUT2D eigenvalue weighted by molar-refractivity contribution is 0.582. The summed E-state index contributed by atoms with van der Waals surface area (Å²) in [5.41, 5.74) is 6.74. The standard InChI is InChI=1S/C7H12N4/c8-6(3-5-1-2-5)7-4-9-11-10-7/h4-6H,1-3,8H2,(H,9,10,11). The van der Waals surface area contributed by atoms with Crippen LogP contribution >= 0.6 is 0 Å². The fraction of sp³-hybridized carbons (Fsp3) is 0.714. The minimum absolute atomic E-state index is 0.0845. The third kappa shape index (κ3) is 1.57. The normalized spacial score (nSPS) is 20.1. The molecule has 4 nitrogen and oxygen atoms in total.